The Morgan fingerprint density at radius 1 is 1.15 bits per heavy atom. The number of allylic oxidation sites excluding steroid dienone is 1. The third kappa shape index (κ3) is 3.87. The first kappa shape index (κ1) is 18.3. The Bertz CT molecular complexity index is 919. The van der Waals surface area contributed by atoms with Crippen molar-refractivity contribution in [3.05, 3.63) is 64.9 Å². The maximum atomic E-state index is 12.9. The molecule has 1 aliphatic heterocycles. The zero-order chi connectivity index (χ0) is 19.6. The number of nitrogens with one attached hydrogen (secondary N) is 3. The molecule has 3 rings (SSSR count). The van der Waals surface area contributed by atoms with Gasteiger partial charge in [-0.25, -0.2) is 4.79 Å². The van der Waals surface area contributed by atoms with Gasteiger partial charge in [0, 0.05) is 11.4 Å². The Balaban J connectivity index is 1.96. The van der Waals surface area contributed by atoms with Crippen LogP contribution in [0.15, 0.2) is 53.7 Å². The molecular formula is C20H21N3O4. The van der Waals surface area contributed by atoms with Crippen LogP contribution in [-0.4, -0.2) is 24.2 Å². The lowest BCUT2D eigenvalue weighted by molar-refractivity contribution is -0.113. The van der Waals surface area contributed by atoms with E-state index >= 15 is 0 Å². The molecule has 2 aromatic rings. The predicted molar refractivity (Wildman–Crippen MR) is 102 cm³/mol. The molecule has 7 nitrogen and oxygen atoms in total. The molecule has 0 radical (unpaired) electrons. The van der Waals surface area contributed by atoms with Gasteiger partial charge in [0.25, 0.3) is 5.91 Å². The number of amides is 3. The van der Waals surface area contributed by atoms with Crippen LogP contribution in [0.2, 0.25) is 0 Å². The van der Waals surface area contributed by atoms with E-state index in [0.717, 1.165) is 5.56 Å². The van der Waals surface area contributed by atoms with E-state index in [9.17, 15) is 14.7 Å². The number of phenolic OH excluding ortho intramolecular Hbond substituents is 1. The summed E-state index contributed by atoms with van der Waals surface area (Å²) >= 11 is 0. The third-order valence-electron chi connectivity index (χ3n) is 4.36. The molecule has 0 aromatic heterocycles. The van der Waals surface area contributed by atoms with Gasteiger partial charge in [0.05, 0.1) is 18.7 Å². The van der Waals surface area contributed by atoms with Crippen LogP contribution in [0.5, 0.6) is 11.5 Å². The number of hydrogen-bond acceptors (Lipinski definition) is 4. The van der Waals surface area contributed by atoms with Crippen LogP contribution in [0.3, 0.4) is 0 Å². The van der Waals surface area contributed by atoms with E-state index in [0.29, 0.717) is 22.5 Å². The molecule has 7 heteroatoms. The molecule has 140 valence electrons. The van der Waals surface area contributed by atoms with Crippen LogP contribution in [0.4, 0.5) is 10.5 Å². The van der Waals surface area contributed by atoms with Gasteiger partial charge in [-0.05, 0) is 43.7 Å². The van der Waals surface area contributed by atoms with Gasteiger partial charge in [0.2, 0.25) is 0 Å². The summed E-state index contributed by atoms with van der Waals surface area (Å²) in [5.74, 6) is -0.0926. The molecular weight excluding hydrogens is 346 g/mol. The second-order valence-electron chi connectivity index (χ2n) is 6.32. The fourth-order valence-corrected chi connectivity index (χ4v) is 2.95. The Labute approximate surface area is 157 Å². The van der Waals surface area contributed by atoms with E-state index in [2.05, 4.69) is 16.0 Å². The fraction of sp³-hybridized carbons (Fsp3) is 0.200. The molecule has 1 atom stereocenters. The quantitative estimate of drug-likeness (QED) is 0.667. The minimum atomic E-state index is -0.682. The summed E-state index contributed by atoms with van der Waals surface area (Å²) in [6, 6.07) is 11.1. The molecule has 2 aromatic carbocycles. The maximum Gasteiger partial charge on any atom is 0.319 e. The summed E-state index contributed by atoms with van der Waals surface area (Å²) in [6.07, 6.45) is 0. The summed E-state index contributed by atoms with van der Waals surface area (Å²) in [5.41, 5.74) is 3.20. The monoisotopic (exact) mass is 367 g/mol. The van der Waals surface area contributed by atoms with Gasteiger partial charge < -0.3 is 25.8 Å². The van der Waals surface area contributed by atoms with Crippen molar-refractivity contribution in [3.63, 3.8) is 0 Å². The molecule has 0 bridgehead atoms. The first-order valence-electron chi connectivity index (χ1n) is 8.42. The average Bonchev–Trinajstić information content (AvgIpc) is 2.63. The van der Waals surface area contributed by atoms with E-state index < -0.39 is 12.1 Å². The van der Waals surface area contributed by atoms with Gasteiger partial charge in [-0.1, -0.05) is 23.8 Å². The standard InChI is InChI=1S/C20H21N3O4/c1-11-4-7-14(8-5-11)22-19(25)17-12(2)21-20(26)23-18(17)13-6-9-15(24)16(10-13)27-3/h4-10,18,24H,1-3H3,(H,22,25)(H2,21,23,26). The number of aryl methyl sites for hydroxylation is 1. The van der Waals surface area contributed by atoms with Crippen molar-refractivity contribution in [2.75, 3.05) is 12.4 Å². The highest BCUT2D eigenvalue weighted by Crippen LogP contribution is 2.33. The number of hydrogen-bond donors (Lipinski definition) is 4. The van der Waals surface area contributed by atoms with Crippen molar-refractivity contribution in [3.8, 4) is 11.5 Å². The van der Waals surface area contributed by atoms with Crippen molar-refractivity contribution in [1.29, 1.82) is 0 Å². The highest BCUT2D eigenvalue weighted by molar-refractivity contribution is 6.06. The Morgan fingerprint density at radius 2 is 1.85 bits per heavy atom. The first-order chi connectivity index (χ1) is 12.9. The molecule has 0 fully saturated rings. The van der Waals surface area contributed by atoms with Crippen LogP contribution in [0, 0.1) is 6.92 Å². The SMILES string of the molecule is COc1cc(C2NC(=O)NC(C)=C2C(=O)Nc2ccc(C)cc2)ccc1O. The van der Waals surface area contributed by atoms with Crippen LogP contribution < -0.4 is 20.7 Å². The lowest BCUT2D eigenvalue weighted by atomic mass is 9.94. The molecule has 1 aliphatic rings. The summed E-state index contributed by atoms with van der Waals surface area (Å²) in [7, 11) is 1.44. The fourth-order valence-electron chi connectivity index (χ4n) is 2.95. The van der Waals surface area contributed by atoms with Crippen molar-refractivity contribution >= 4 is 17.6 Å². The number of ether oxygens (including phenoxy) is 1. The number of carbonyl (C=O) groups is 2. The minimum Gasteiger partial charge on any atom is -0.504 e. The van der Waals surface area contributed by atoms with Gasteiger partial charge in [-0.2, -0.15) is 0 Å². The van der Waals surface area contributed by atoms with Crippen LogP contribution in [0.25, 0.3) is 0 Å². The number of aromatic hydroxyl groups is 1. The highest BCUT2D eigenvalue weighted by atomic mass is 16.5. The van der Waals surface area contributed by atoms with E-state index in [-0.39, 0.29) is 17.4 Å². The van der Waals surface area contributed by atoms with Crippen molar-refractivity contribution < 1.29 is 19.4 Å². The number of methoxy groups -OCH3 is 1. The third-order valence-corrected chi connectivity index (χ3v) is 4.36. The molecule has 0 saturated carbocycles. The topological polar surface area (TPSA) is 99.7 Å². The molecule has 1 unspecified atom stereocenters. The van der Waals surface area contributed by atoms with Crippen LogP contribution in [0.1, 0.15) is 24.1 Å². The number of phenols is 1. The summed E-state index contributed by atoms with van der Waals surface area (Å²) in [5, 5.41) is 18.1. The van der Waals surface area contributed by atoms with Gasteiger partial charge in [0.1, 0.15) is 0 Å². The molecule has 3 amide bonds. The van der Waals surface area contributed by atoms with Crippen LogP contribution >= 0.6 is 0 Å². The van der Waals surface area contributed by atoms with Gasteiger partial charge in [-0.3, -0.25) is 4.79 Å². The Hall–Kier alpha value is -3.48. The van der Waals surface area contributed by atoms with Crippen LogP contribution in [-0.2, 0) is 4.79 Å². The zero-order valence-electron chi connectivity index (χ0n) is 15.3. The number of anilines is 1. The number of urea groups is 1. The molecule has 27 heavy (non-hydrogen) atoms. The number of carbonyl (C=O) groups excluding carboxylic acids is 2. The van der Waals surface area contributed by atoms with Gasteiger partial charge in [-0.15, -0.1) is 0 Å². The smallest absolute Gasteiger partial charge is 0.319 e. The lowest BCUT2D eigenvalue weighted by Crippen LogP contribution is -2.45. The minimum absolute atomic E-state index is 0.0205. The Morgan fingerprint density at radius 3 is 2.52 bits per heavy atom. The normalized spacial score (nSPS) is 16.4. The molecule has 1 heterocycles. The van der Waals surface area contributed by atoms with E-state index in [1.54, 1.807) is 19.1 Å². The number of rotatable bonds is 4. The van der Waals surface area contributed by atoms with Crippen molar-refractivity contribution in [2.45, 2.75) is 19.9 Å². The summed E-state index contributed by atoms with van der Waals surface area (Å²) < 4.78 is 5.14. The van der Waals surface area contributed by atoms with E-state index in [1.807, 2.05) is 31.2 Å². The predicted octanol–water partition coefficient (Wildman–Crippen LogP) is 2.98. The molecule has 4 N–H and O–H groups in total. The van der Waals surface area contributed by atoms with Crippen molar-refractivity contribution in [2.24, 2.45) is 0 Å². The maximum absolute atomic E-state index is 12.9. The second-order valence-corrected chi connectivity index (χ2v) is 6.32. The zero-order valence-corrected chi connectivity index (χ0v) is 15.3. The van der Waals surface area contributed by atoms with E-state index in [4.69, 9.17) is 4.74 Å². The first-order valence-corrected chi connectivity index (χ1v) is 8.42. The summed E-state index contributed by atoms with van der Waals surface area (Å²) in [4.78, 5) is 24.9. The van der Waals surface area contributed by atoms with E-state index in [1.165, 1.54) is 13.2 Å². The highest BCUT2D eigenvalue weighted by Gasteiger charge is 2.31. The number of benzene rings is 2. The second kappa shape index (κ2) is 7.41. The van der Waals surface area contributed by atoms with Gasteiger partial charge in [0.15, 0.2) is 11.5 Å². The Kier molecular flexibility index (Phi) is 5.03. The van der Waals surface area contributed by atoms with Gasteiger partial charge >= 0.3 is 6.03 Å². The molecule has 0 spiro atoms. The largest absolute Gasteiger partial charge is 0.504 e. The summed E-state index contributed by atoms with van der Waals surface area (Å²) in [6.45, 7) is 3.64. The molecule has 0 saturated heterocycles. The lowest BCUT2D eigenvalue weighted by Gasteiger charge is -2.29. The average molecular weight is 367 g/mol. The van der Waals surface area contributed by atoms with Crippen molar-refractivity contribution in [1.82, 2.24) is 10.6 Å². The molecule has 0 aliphatic carbocycles.